The maximum absolute atomic E-state index is 13.2. The maximum Gasteiger partial charge on any atom is 0.277 e. The van der Waals surface area contributed by atoms with Gasteiger partial charge in [0.05, 0.1) is 12.7 Å². The molecule has 3 saturated heterocycles. The maximum atomic E-state index is 13.2. The topological polar surface area (TPSA) is 207 Å². The fourth-order valence-electron chi connectivity index (χ4n) is 11.0. The average Bonchev–Trinajstić information content (AvgIpc) is 3.90. The lowest BCUT2D eigenvalue weighted by atomic mass is 9.81. The molecule has 4 N–H and O–H groups in total. The molecule has 5 fully saturated rings. The molecular formula is C50H60N12O6. The first kappa shape index (κ1) is 45.1. The van der Waals surface area contributed by atoms with Crippen LogP contribution in [0.15, 0.2) is 79.0 Å². The zero-order chi connectivity index (χ0) is 46.7. The molecule has 6 amide bonds. The summed E-state index contributed by atoms with van der Waals surface area (Å²) in [4.78, 5) is 97.3. The Morgan fingerprint density at radius 1 is 0.765 bits per heavy atom. The van der Waals surface area contributed by atoms with Crippen LogP contribution in [0.1, 0.15) is 75.8 Å². The van der Waals surface area contributed by atoms with E-state index in [9.17, 15) is 28.8 Å². The Labute approximate surface area is 395 Å². The molecule has 0 bridgehead atoms. The molecule has 2 aliphatic carbocycles. The normalized spacial score (nSPS) is 25.0. The van der Waals surface area contributed by atoms with E-state index in [2.05, 4.69) is 69.9 Å². The number of aromatic nitrogens is 4. The molecule has 0 spiro atoms. The number of carbonyl (C=O) groups is 6. The second kappa shape index (κ2) is 19.9. The molecule has 1 unspecified atom stereocenters. The van der Waals surface area contributed by atoms with Crippen molar-refractivity contribution in [3.63, 3.8) is 0 Å². The number of carbonyl (C=O) groups excluding carboxylic acids is 6. The van der Waals surface area contributed by atoms with Gasteiger partial charge in [-0.15, -0.1) is 0 Å². The zero-order valence-corrected chi connectivity index (χ0v) is 38.4. The molecular weight excluding hydrogens is 865 g/mol. The summed E-state index contributed by atoms with van der Waals surface area (Å²) in [6, 6.07) is 17.7. The van der Waals surface area contributed by atoms with Crippen molar-refractivity contribution in [1.82, 2.24) is 50.2 Å². The number of piperazine rings is 1. The molecule has 68 heavy (non-hydrogen) atoms. The van der Waals surface area contributed by atoms with E-state index in [1.165, 1.54) is 24.6 Å². The number of piperidine rings is 2. The predicted molar refractivity (Wildman–Crippen MR) is 253 cm³/mol. The minimum Gasteiger partial charge on any atom is -0.369 e. The number of hydrogen-bond acceptors (Lipinski definition) is 13. The first-order chi connectivity index (χ1) is 33.1. The Hall–Kier alpha value is -6.69. The number of imide groups is 2. The standard InChI is InChI=1S/C50H60N12O6/c63-42-15-14-40(49(67)57-42)62-44(65)27-41(50(62)68)60-18-16-35(17-19-60)48(66)51-28-33-6-8-34(9-7-33)29-58-20-22-59(23-21-58)38-12-10-36(11-13-38)56-46-45-47(53-30-52-46)61(31-54-45)39-25-37(26-39)55-43(64)24-32-4-2-1-3-5-32/h1-5,10-13,27,30-31,33-35,37,39-40H,6-9,14-26,28-29H2,(H,51,66)(H,55,64)(H,52,53,56)(H,57,63,67). The molecule has 4 aliphatic heterocycles. The Bertz CT molecular complexity index is 2550. The van der Waals surface area contributed by atoms with Gasteiger partial charge in [-0.05, 0) is 99.5 Å². The Balaban J connectivity index is 0.611. The second-order valence-electron chi connectivity index (χ2n) is 19.5. The van der Waals surface area contributed by atoms with Gasteiger partial charge in [0, 0.05) is 94.2 Å². The average molecular weight is 925 g/mol. The number of amides is 6. The lowest BCUT2D eigenvalue weighted by Crippen LogP contribution is -2.55. The fraction of sp³-hybridized carbons (Fsp3) is 0.500. The van der Waals surface area contributed by atoms with Gasteiger partial charge in [-0.25, -0.2) is 15.0 Å². The first-order valence-electron chi connectivity index (χ1n) is 24.4. The second-order valence-corrected chi connectivity index (χ2v) is 19.5. The van der Waals surface area contributed by atoms with Crippen molar-refractivity contribution in [3.8, 4) is 0 Å². The largest absolute Gasteiger partial charge is 0.369 e. The molecule has 10 rings (SSSR count). The Kier molecular flexibility index (Phi) is 13.2. The van der Waals surface area contributed by atoms with Crippen molar-refractivity contribution in [2.45, 2.75) is 88.8 Å². The van der Waals surface area contributed by atoms with Crippen LogP contribution in [-0.2, 0) is 35.2 Å². The van der Waals surface area contributed by atoms with E-state index in [4.69, 9.17) is 4.98 Å². The lowest BCUT2D eigenvalue weighted by molar-refractivity contribution is -0.150. The molecule has 356 valence electrons. The van der Waals surface area contributed by atoms with Gasteiger partial charge in [-0.1, -0.05) is 30.3 Å². The number of hydrogen-bond donors (Lipinski definition) is 4. The van der Waals surface area contributed by atoms with E-state index < -0.39 is 29.7 Å². The number of likely N-dealkylation sites (tertiary alicyclic amines) is 1. The van der Waals surface area contributed by atoms with Crippen LogP contribution in [0.4, 0.5) is 17.2 Å². The number of imidazole rings is 1. The van der Waals surface area contributed by atoms with Crippen molar-refractivity contribution in [2.24, 2.45) is 17.8 Å². The fourth-order valence-corrected chi connectivity index (χ4v) is 11.0. The summed E-state index contributed by atoms with van der Waals surface area (Å²) in [6.45, 7) is 6.75. The van der Waals surface area contributed by atoms with Gasteiger partial charge in [-0.2, -0.15) is 0 Å². The van der Waals surface area contributed by atoms with Crippen LogP contribution >= 0.6 is 0 Å². The van der Waals surface area contributed by atoms with Gasteiger partial charge in [0.15, 0.2) is 17.0 Å². The van der Waals surface area contributed by atoms with Crippen LogP contribution in [0.3, 0.4) is 0 Å². The highest BCUT2D eigenvalue weighted by Gasteiger charge is 2.44. The summed E-state index contributed by atoms with van der Waals surface area (Å²) in [5.74, 6) is -0.330. The van der Waals surface area contributed by atoms with Crippen molar-refractivity contribution in [1.29, 1.82) is 0 Å². The highest BCUT2D eigenvalue weighted by atomic mass is 16.2. The number of nitrogens with one attached hydrogen (secondary N) is 4. The molecule has 4 aromatic rings. The Morgan fingerprint density at radius 3 is 2.24 bits per heavy atom. The van der Waals surface area contributed by atoms with E-state index >= 15 is 0 Å². The smallest absolute Gasteiger partial charge is 0.277 e. The van der Waals surface area contributed by atoms with E-state index in [0.717, 1.165) is 85.7 Å². The molecule has 1 atom stereocenters. The number of benzene rings is 2. The number of nitrogens with zero attached hydrogens (tertiary/aromatic N) is 8. The lowest BCUT2D eigenvalue weighted by Gasteiger charge is -2.39. The van der Waals surface area contributed by atoms with Gasteiger partial charge in [-0.3, -0.25) is 43.9 Å². The molecule has 18 nitrogen and oxygen atoms in total. The van der Waals surface area contributed by atoms with Gasteiger partial charge in [0.25, 0.3) is 11.8 Å². The quantitative estimate of drug-likeness (QED) is 0.134. The monoisotopic (exact) mass is 924 g/mol. The SMILES string of the molecule is O=C1CCC(N2C(=O)C=C(N3CCC(C(=O)NCC4CCC(CN5CCN(c6ccc(Nc7ncnc8c7ncn8C7CC(NC(=O)Cc8ccccc8)C7)cc6)CC5)CC4)CC3)C2=O)C(=O)N1. The summed E-state index contributed by atoms with van der Waals surface area (Å²) in [6.07, 6.45) is 12.7. The predicted octanol–water partition coefficient (Wildman–Crippen LogP) is 3.45. The summed E-state index contributed by atoms with van der Waals surface area (Å²) in [5, 5.41) is 12.1. The number of anilines is 3. The van der Waals surface area contributed by atoms with Crippen molar-refractivity contribution >= 4 is 63.8 Å². The van der Waals surface area contributed by atoms with Crippen molar-refractivity contribution in [3.05, 3.63) is 84.6 Å². The number of fused-ring (bicyclic) bond motifs is 1. The third kappa shape index (κ3) is 9.96. The molecule has 0 radical (unpaired) electrons. The van der Waals surface area contributed by atoms with E-state index in [-0.39, 0.29) is 48.4 Å². The van der Waals surface area contributed by atoms with Crippen LogP contribution in [-0.4, -0.2) is 134 Å². The molecule has 6 aliphatic rings. The minimum atomic E-state index is -0.983. The molecule has 6 heterocycles. The highest BCUT2D eigenvalue weighted by Crippen LogP contribution is 2.36. The minimum absolute atomic E-state index is 0.0460. The van der Waals surface area contributed by atoms with Crippen LogP contribution < -0.4 is 26.2 Å². The van der Waals surface area contributed by atoms with Gasteiger partial charge >= 0.3 is 0 Å². The summed E-state index contributed by atoms with van der Waals surface area (Å²) < 4.78 is 2.10. The third-order valence-electron chi connectivity index (χ3n) is 15.0. The van der Waals surface area contributed by atoms with Crippen LogP contribution in [0, 0.1) is 17.8 Å². The summed E-state index contributed by atoms with van der Waals surface area (Å²) in [7, 11) is 0. The first-order valence-corrected chi connectivity index (χ1v) is 24.4. The molecule has 18 heteroatoms. The van der Waals surface area contributed by atoms with Gasteiger partial charge < -0.3 is 30.3 Å². The van der Waals surface area contributed by atoms with Crippen LogP contribution in [0.5, 0.6) is 0 Å². The van der Waals surface area contributed by atoms with Gasteiger partial charge in [0.1, 0.15) is 18.1 Å². The summed E-state index contributed by atoms with van der Waals surface area (Å²) >= 11 is 0. The highest BCUT2D eigenvalue weighted by molar-refractivity contribution is 6.18. The third-order valence-corrected chi connectivity index (χ3v) is 15.0. The van der Waals surface area contributed by atoms with Gasteiger partial charge in [0.2, 0.25) is 23.6 Å². The van der Waals surface area contributed by atoms with Crippen LogP contribution in [0.2, 0.25) is 0 Å². The van der Waals surface area contributed by atoms with Crippen molar-refractivity contribution < 1.29 is 28.8 Å². The number of rotatable bonds is 14. The molecule has 2 saturated carbocycles. The Morgan fingerprint density at radius 2 is 1.50 bits per heavy atom. The van der Waals surface area contributed by atoms with Crippen LogP contribution in [0.25, 0.3) is 11.2 Å². The van der Waals surface area contributed by atoms with Crippen molar-refractivity contribution in [2.75, 3.05) is 62.6 Å². The summed E-state index contributed by atoms with van der Waals surface area (Å²) in [5.41, 5.74) is 4.90. The zero-order valence-electron chi connectivity index (χ0n) is 38.4. The van der Waals surface area contributed by atoms with E-state index in [1.54, 1.807) is 6.33 Å². The molecule has 2 aromatic carbocycles. The van der Waals surface area contributed by atoms with E-state index in [1.807, 2.05) is 41.6 Å². The van der Waals surface area contributed by atoms with E-state index in [0.29, 0.717) is 56.6 Å². The molecule has 2 aromatic heterocycles.